The van der Waals surface area contributed by atoms with Gasteiger partial charge >= 0.3 is 0 Å². The second-order valence-electron chi connectivity index (χ2n) is 10.2. The molecule has 0 N–H and O–H groups in total. The molecule has 2 heterocycles. The van der Waals surface area contributed by atoms with E-state index in [1.54, 1.807) is 25.2 Å². The minimum absolute atomic E-state index is 0.0524. The molecular weight excluding hydrogens is 549 g/mol. The molecule has 222 valence electrons. The molecule has 10 heteroatoms. The third kappa shape index (κ3) is 7.09. The van der Waals surface area contributed by atoms with E-state index in [2.05, 4.69) is 15.1 Å². The fourth-order valence-corrected chi connectivity index (χ4v) is 5.11. The first-order valence-corrected chi connectivity index (χ1v) is 14.1. The topological polar surface area (TPSA) is 88.1 Å². The number of nitrogens with zero attached hydrogens (tertiary/aromatic N) is 5. The summed E-state index contributed by atoms with van der Waals surface area (Å²) in [6.45, 7) is 2.32. The Morgan fingerprint density at radius 1 is 0.837 bits per heavy atom. The van der Waals surface area contributed by atoms with E-state index in [0.29, 0.717) is 43.4 Å². The molecule has 9 nitrogen and oxygen atoms in total. The summed E-state index contributed by atoms with van der Waals surface area (Å²) in [6.07, 6.45) is 0.727. The van der Waals surface area contributed by atoms with Crippen molar-refractivity contribution in [3.63, 3.8) is 0 Å². The number of rotatable bonds is 9. The van der Waals surface area contributed by atoms with Crippen molar-refractivity contribution < 1.29 is 23.5 Å². The van der Waals surface area contributed by atoms with E-state index in [1.165, 1.54) is 23.1 Å². The van der Waals surface area contributed by atoms with Crippen LogP contribution in [0.25, 0.3) is 11.3 Å². The molecule has 0 unspecified atom stereocenters. The molecule has 1 aliphatic heterocycles. The van der Waals surface area contributed by atoms with Crippen LogP contribution in [0.1, 0.15) is 22.3 Å². The normalized spacial score (nSPS) is 13.3. The third-order valence-corrected chi connectivity index (χ3v) is 7.44. The van der Waals surface area contributed by atoms with E-state index in [4.69, 9.17) is 9.47 Å². The maximum absolute atomic E-state index is 14.5. The first-order valence-electron chi connectivity index (χ1n) is 14.1. The van der Waals surface area contributed by atoms with Gasteiger partial charge in [-0.3, -0.25) is 9.59 Å². The van der Waals surface area contributed by atoms with Gasteiger partial charge in [0.2, 0.25) is 5.91 Å². The van der Waals surface area contributed by atoms with Crippen LogP contribution in [0.4, 0.5) is 10.2 Å². The number of benzene rings is 3. The molecular formula is C33H34FN5O4. The predicted octanol–water partition coefficient (Wildman–Crippen LogP) is 4.68. The van der Waals surface area contributed by atoms with Crippen molar-refractivity contribution in [3.8, 4) is 22.8 Å². The van der Waals surface area contributed by atoms with Crippen LogP contribution in [0, 0.1) is 5.82 Å². The molecule has 1 saturated heterocycles. The second kappa shape index (κ2) is 13.8. The van der Waals surface area contributed by atoms with Crippen molar-refractivity contribution in [2.45, 2.75) is 13.0 Å². The van der Waals surface area contributed by atoms with Crippen molar-refractivity contribution in [2.75, 3.05) is 51.8 Å². The molecule has 1 fully saturated rings. The fraction of sp³-hybridized carbons (Fsp3) is 0.273. The predicted molar refractivity (Wildman–Crippen MR) is 162 cm³/mol. The van der Waals surface area contributed by atoms with Crippen molar-refractivity contribution in [1.82, 2.24) is 20.0 Å². The lowest BCUT2D eigenvalue weighted by Gasteiger charge is -2.27. The quantitative estimate of drug-likeness (QED) is 0.283. The lowest BCUT2D eigenvalue weighted by molar-refractivity contribution is -0.131. The van der Waals surface area contributed by atoms with Crippen molar-refractivity contribution >= 4 is 17.6 Å². The van der Waals surface area contributed by atoms with Crippen LogP contribution >= 0.6 is 0 Å². The zero-order chi connectivity index (χ0) is 30.2. The largest absolute Gasteiger partial charge is 0.493 e. The number of methoxy groups -OCH3 is 2. The summed E-state index contributed by atoms with van der Waals surface area (Å²) in [4.78, 5) is 32.1. The van der Waals surface area contributed by atoms with E-state index in [9.17, 15) is 14.0 Å². The van der Waals surface area contributed by atoms with Gasteiger partial charge in [-0.1, -0.05) is 42.5 Å². The van der Waals surface area contributed by atoms with Crippen LogP contribution in [0.3, 0.4) is 0 Å². The average Bonchev–Trinajstić information content (AvgIpc) is 3.31. The lowest BCUT2D eigenvalue weighted by atomic mass is 10.1. The molecule has 0 radical (unpaired) electrons. The van der Waals surface area contributed by atoms with Crippen LogP contribution < -0.4 is 14.4 Å². The molecule has 0 saturated carbocycles. The summed E-state index contributed by atoms with van der Waals surface area (Å²) in [5.41, 5.74) is 2.36. The smallest absolute Gasteiger partial charge is 0.257 e. The number of aromatic nitrogens is 2. The maximum Gasteiger partial charge on any atom is 0.257 e. The highest BCUT2D eigenvalue weighted by molar-refractivity contribution is 5.96. The summed E-state index contributed by atoms with van der Waals surface area (Å²) in [5, 5.41) is 8.89. The summed E-state index contributed by atoms with van der Waals surface area (Å²) >= 11 is 0. The zero-order valence-electron chi connectivity index (χ0n) is 24.3. The molecule has 1 aliphatic rings. The number of anilines is 1. The van der Waals surface area contributed by atoms with E-state index in [0.717, 1.165) is 23.4 Å². The number of halogens is 1. The Balaban J connectivity index is 1.25. The molecule has 4 aromatic rings. The molecule has 0 aliphatic carbocycles. The molecule has 3 aromatic carbocycles. The van der Waals surface area contributed by atoms with Crippen LogP contribution in [0.15, 0.2) is 84.9 Å². The van der Waals surface area contributed by atoms with E-state index in [1.807, 2.05) is 60.7 Å². The highest BCUT2D eigenvalue weighted by Crippen LogP contribution is 2.31. The molecule has 0 atom stereocenters. The van der Waals surface area contributed by atoms with Gasteiger partial charge in [0.25, 0.3) is 5.91 Å². The van der Waals surface area contributed by atoms with Gasteiger partial charge in [-0.2, -0.15) is 0 Å². The van der Waals surface area contributed by atoms with Gasteiger partial charge in [0, 0.05) is 38.3 Å². The van der Waals surface area contributed by atoms with Gasteiger partial charge < -0.3 is 24.2 Å². The first-order chi connectivity index (χ1) is 21.0. The van der Waals surface area contributed by atoms with Crippen LogP contribution in [0.2, 0.25) is 0 Å². The number of hydrogen-bond acceptors (Lipinski definition) is 7. The minimum Gasteiger partial charge on any atom is -0.493 e. The maximum atomic E-state index is 14.5. The van der Waals surface area contributed by atoms with Crippen LogP contribution in [-0.2, 0) is 11.3 Å². The zero-order valence-corrected chi connectivity index (χ0v) is 24.3. The Morgan fingerprint density at radius 3 is 2.33 bits per heavy atom. The Morgan fingerprint density at radius 2 is 1.60 bits per heavy atom. The molecule has 5 rings (SSSR count). The van der Waals surface area contributed by atoms with E-state index >= 15 is 0 Å². The number of hydrogen-bond donors (Lipinski definition) is 0. The van der Waals surface area contributed by atoms with Crippen molar-refractivity contribution in [3.05, 3.63) is 102 Å². The first kappa shape index (κ1) is 29.5. The number of ether oxygens (including phenoxy) is 2. The fourth-order valence-electron chi connectivity index (χ4n) is 5.11. The number of carbonyl (C=O) groups is 2. The molecule has 0 bridgehead atoms. The van der Waals surface area contributed by atoms with Gasteiger partial charge in [0.15, 0.2) is 17.3 Å². The highest BCUT2D eigenvalue weighted by Gasteiger charge is 2.26. The summed E-state index contributed by atoms with van der Waals surface area (Å²) in [5.74, 6) is 0.662. The molecule has 0 spiro atoms. The number of amides is 2. The molecule has 2 amide bonds. The Kier molecular flexibility index (Phi) is 9.46. The second-order valence-corrected chi connectivity index (χ2v) is 10.2. The Bertz CT molecular complexity index is 1550. The Hall–Kier alpha value is -4.99. The average molecular weight is 584 g/mol. The monoisotopic (exact) mass is 583 g/mol. The van der Waals surface area contributed by atoms with E-state index < -0.39 is 11.7 Å². The summed E-state index contributed by atoms with van der Waals surface area (Å²) in [6, 6.07) is 24.7. The minimum atomic E-state index is -0.610. The summed E-state index contributed by atoms with van der Waals surface area (Å²) in [7, 11) is 3.18. The molecule has 1 aromatic heterocycles. The van der Waals surface area contributed by atoms with Gasteiger partial charge in [0.05, 0.1) is 25.5 Å². The lowest BCUT2D eigenvalue weighted by Crippen LogP contribution is -2.44. The highest BCUT2D eigenvalue weighted by atomic mass is 19.1. The van der Waals surface area contributed by atoms with Gasteiger partial charge in [-0.15, -0.1) is 10.2 Å². The standard InChI is InChI=1S/C33H34FN5O4/c1-42-29-15-13-25(21-30(29)43-2)28-14-16-31(36-35-28)37-17-8-18-38(20-19-37)32(40)23-39(22-24-9-4-3-5-10-24)33(41)26-11-6-7-12-27(26)34/h3-7,9-16,21H,8,17-20,22-23H2,1-2H3. The van der Waals surface area contributed by atoms with Crippen LogP contribution in [0.5, 0.6) is 11.5 Å². The van der Waals surface area contributed by atoms with Gasteiger partial charge in [0.1, 0.15) is 12.4 Å². The summed E-state index contributed by atoms with van der Waals surface area (Å²) < 4.78 is 25.2. The third-order valence-electron chi connectivity index (χ3n) is 7.44. The van der Waals surface area contributed by atoms with Crippen LogP contribution in [-0.4, -0.2) is 78.8 Å². The Labute approximate surface area is 250 Å². The van der Waals surface area contributed by atoms with Crippen molar-refractivity contribution in [1.29, 1.82) is 0 Å². The molecule has 43 heavy (non-hydrogen) atoms. The van der Waals surface area contributed by atoms with E-state index in [-0.39, 0.29) is 24.6 Å². The van der Waals surface area contributed by atoms with Crippen molar-refractivity contribution in [2.24, 2.45) is 0 Å². The van der Waals surface area contributed by atoms with Gasteiger partial charge in [-0.25, -0.2) is 4.39 Å². The number of carbonyl (C=O) groups excluding carboxylic acids is 2. The van der Waals surface area contributed by atoms with Gasteiger partial charge in [-0.05, 0) is 54.4 Å². The SMILES string of the molecule is COc1ccc(-c2ccc(N3CCCN(C(=O)CN(Cc4ccccc4)C(=O)c4ccccc4F)CC3)nn2)cc1OC.